The molecule has 8 heteroatoms. The SMILES string of the molecule is CC(C)(C)c1ccc(Cn2nnc3c(=O)[nH]c(C4CCCN(C(=O)C5CCC5)C4)nc32)cc1. The molecular weight excluding hydrogens is 416 g/mol. The van der Waals surface area contributed by atoms with Crippen LogP contribution in [0, 0.1) is 5.92 Å². The Hall–Kier alpha value is -3.03. The molecule has 1 aliphatic heterocycles. The second kappa shape index (κ2) is 8.39. The van der Waals surface area contributed by atoms with Crippen LogP contribution in [0.25, 0.3) is 11.2 Å². The molecule has 0 radical (unpaired) electrons. The molecule has 1 saturated carbocycles. The van der Waals surface area contributed by atoms with Gasteiger partial charge in [0.05, 0.1) is 6.54 Å². The maximum atomic E-state index is 12.8. The fourth-order valence-electron chi connectivity index (χ4n) is 4.78. The maximum absolute atomic E-state index is 12.8. The number of benzene rings is 1. The van der Waals surface area contributed by atoms with Crippen molar-refractivity contribution in [2.75, 3.05) is 13.1 Å². The summed E-state index contributed by atoms with van der Waals surface area (Å²) in [7, 11) is 0. The van der Waals surface area contributed by atoms with E-state index in [1.165, 1.54) is 5.56 Å². The summed E-state index contributed by atoms with van der Waals surface area (Å²) in [4.78, 5) is 35.2. The molecule has 1 aromatic carbocycles. The summed E-state index contributed by atoms with van der Waals surface area (Å²) in [5, 5.41) is 8.30. The molecule has 0 spiro atoms. The van der Waals surface area contributed by atoms with Crippen LogP contribution in [0.15, 0.2) is 29.1 Å². The Kier molecular flexibility index (Phi) is 5.54. The van der Waals surface area contributed by atoms with Crippen molar-refractivity contribution in [2.45, 2.75) is 70.8 Å². The van der Waals surface area contributed by atoms with Crippen LogP contribution < -0.4 is 5.56 Å². The average Bonchev–Trinajstić information content (AvgIpc) is 3.15. The normalized spacial score (nSPS) is 19.6. The highest BCUT2D eigenvalue weighted by Gasteiger charge is 2.33. The van der Waals surface area contributed by atoms with Crippen LogP contribution in [0.4, 0.5) is 0 Å². The number of nitrogens with zero attached hydrogens (tertiary/aromatic N) is 5. The lowest BCUT2D eigenvalue weighted by Crippen LogP contribution is -2.44. The minimum Gasteiger partial charge on any atom is -0.342 e. The first-order chi connectivity index (χ1) is 15.8. The van der Waals surface area contributed by atoms with E-state index >= 15 is 0 Å². The number of hydrogen-bond donors (Lipinski definition) is 1. The van der Waals surface area contributed by atoms with Crippen molar-refractivity contribution in [3.63, 3.8) is 0 Å². The second-order valence-electron chi connectivity index (χ2n) is 10.6. The molecule has 33 heavy (non-hydrogen) atoms. The van der Waals surface area contributed by atoms with Crippen molar-refractivity contribution < 1.29 is 4.79 Å². The highest BCUT2D eigenvalue weighted by atomic mass is 16.2. The molecule has 3 heterocycles. The molecule has 174 valence electrons. The van der Waals surface area contributed by atoms with Crippen LogP contribution in [0.3, 0.4) is 0 Å². The first kappa shape index (κ1) is 21.8. The van der Waals surface area contributed by atoms with E-state index in [0.717, 1.165) is 44.2 Å². The number of piperidine rings is 1. The minimum atomic E-state index is -0.272. The van der Waals surface area contributed by atoms with Crippen LogP contribution in [0.5, 0.6) is 0 Å². The molecule has 0 bridgehead atoms. The molecule has 1 aliphatic carbocycles. The number of H-pyrrole nitrogens is 1. The number of hydrogen-bond acceptors (Lipinski definition) is 5. The Labute approximate surface area is 193 Å². The molecule has 1 atom stereocenters. The first-order valence-corrected chi connectivity index (χ1v) is 12.0. The number of carbonyl (C=O) groups is 1. The molecule has 3 aromatic rings. The fourth-order valence-corrected chi connectivity index (χ4v) is 4.78. The zero-order valence-electron chi connectivity index (χ0n) is 19.7. The monoisotopic (exact) mass is 448 g/mol. The van der Waals surface area contributed by atoms with Crippen LogP contribution in [0.1, 0.15) is 75.7 Å². The lowest BCUT2D eigenvalue weighted by Gasteiger charge is -2.36. The van der Waals surface area contributed by atoms with Gasteiger partial charge in [0, 0.05) is 24.9 Å². The summed E-state index contributed by atoms with van der Waals surface area (Å²) in [6.07, 6.45) is 4.97. The van der Waals surface area contributed by atoms with Gasteiger partial charge in [-0.3, -0.25) is 9.59 Å². The van der Waals surface area contributed by atoms with Gasteiger partial charge < -0.3 is 9.88 Å². The zero-order chi connectivity index (χ0) is 23.2. The molecule has 8 nitrogen and oxygen atoms in total. The summed E-state index contributed by atoms with van der Waals surface area (Å²) in [6, 6.07) is 8.45. The summed E-state index contributed by atoms with van der Waals surface area (Å²) in [5.74, 6) is 1.10. The van der Waals surface area contributed by atoms with E-state index in [2.05, 4.69) is 60.3 Å². The van der Waals surface area contributed by atoms with Gasteiger partial charge >= 0.3 is 0 Å². The highest BCUT2D eigenvalue weighted by molar-refractivity contribution is 5.79. The fraction of sp³-hybridized carbons (Fsp3) is 0.560. The van der Waals surface area contributed by atoms with Gasteiger partial charge in [0.1, 0.15) is 5.82 Å². The lowest BCUT2D eigenvalue weighted by atomic mass is 9.83. The van der Waals surface area contributed by atoms with Gasteiger partial charge in [-0.15, -0.1) is 5.10 Å². The molecule has 1 amide bonds. The molecule has 1 unspecified atom stereocenters. The van der Waals surface area contributed by atoms with Gasteiger partial charge in [0.2, 0.25) is 5.91 Å². The summed E-state index contributed by atoms with van der Waals surface area (Å²) in [5.41, 5.74) is 2.92. The van der Waals surface area contributed by atoms with Crippen molar-refractivity contribution in [2.24, 2.45) is 5.92 Å². The van der Waals surface area contributed by atoms with Gasteiger partial charge in [-0.05, 0) is 42.2 Å². The molecule has 2 aliphatic rings. The predicted octanol–water partition coefficient (Wildman–Crippen LogP) is 3.37. The molecule has 5 rings (SSSR count). The molecule has 2 fully saturated rings. The largest absolute Gasteiger partial charge is 0.342 e. The van der Waals surface area contributed by atoms with Gasteiger partial charge in [-0.2, -0.15) is 0 Å². The number of likely N-dealkylation sites (tertiary alicyclic amines) is 1. The van der Waals surface area contributed by atoms with Crippen LogP contribution in [-0.2, 0) is 16.8 Å². The van der Waals surface area contributed by atoms with E-state index in [9.17, 15) is 9.59 Å². The van der Waals surface area contributed by atoms with E-state index in [0.29, 0.717) is 24.6 Å². The summed E-state index contributed by atoms with van der Waals surface area (Å²) < 4.78 is 1.69. The van der Waals surface area contributed by atoms with E-state index < -0.39 is 0 Å². The maximum Gasteiger partial charge on any atom is 0.281 e. The number of fused-ring (bicyclic) bond motifs is 1. The minimum absolute atomic E-state index is 0.0225. The van der Waals surface area contributed by atoms with Crippen molar-refractivity contribution in [1.82, 2.24) is 29.9 Å². The van der Waals surface area contributed by atoms with E-state index in [1.54, 1.807) is 4.68 Å². The molecule has 1 N–H and O–H groups in total. The van der Waals surface area contributed by atoms with Crippen LogP contribution in [0.2, 0.25) is 0 Å². The number of aromatic nitrogens is 5. The average molecular weight is 449 g/mol. The van der Waals surface area contributed by atoms with Crippen molar-refractivity contribution in [1.29, 1.82) is 0 Å². The number of aromatic amines is 1. The third-order valence-electron chi connectivity index (χ3n) is 7.12. The van der Waals surface area contributed by atoms with Crippen LogP contribution in [-0.4, -0.2) is 48.9 Å². The number of rotatable bonds is 4. The number of nitrogens with one attached hydrogen (secondary N) is 1. The van der Waals surface area contributed by atoms with Crippen molar-refractivity contribution in [3.8, 4) is 0 Å². The third-order valence-corrected chi connectivity index (χ3v) is 7.12. The van der Waals surface area contributed by atoms with Gasteiger partial charge in [0.25, 0.3) is 5.56 Å². The van der Waals surface area contributed by atoms with E-state index in [-0.39, 0.29) is 34.2 Å². The van der Waals surface area contributed by atoms with Gasteiger partial charge in [-0.25, -0.2) is 9.67 Å². The Morgan fingerprint density at radius 1 is 1.12 bits per heavy atom. The van der Waals surface area contributed by atoms with E-state index in [4.69, 9.17) is 4.98 Å². The molecule has 2 aromatic heterocycles. The lowest BCUT2D eigenvalue weighted by molar-refractivity contribution is -0.139. The van der Waals surface area contributed by atoms with Gasteiger partial charge in [-0.1, -0.05) is 56.7 Å². The molecular formula is C25H32N6O2. The Morgan fingerprint density at radius 3 is 2.55 bits per heavy atom. The summed E-state index contributed by atoms with van der Waals surface area (Å²) >= 11 is 0. The Balaban J connectivity index is 1.39. The van der Waals surface area contributed by atoms with Crippen LogP contribution >= 0.6 is 0 Å². The van der Waals surface area contributed by atoms with Crippen molar-refractivity contribution in [3.05, 3.63) is 51.6 Å². The molecule has 1 saturated heterocycles. The quantitative estimate of drug-likeness (QED) is 0.660. The second-order valence-corrected chi connectivity index (χ2v) is 10.6. The highest BCUT2D eigenvalue weighted by Crippen LogP contribution is 2.32. The van der Waals surface area contributed by atoms with E-state index in [1.807, 2.05) is 4.90 Å². The topological polar surface area (TPSA) is 96.8 Å². The van der Waals surface area contributed by atoms with Crippen molar-refractivity contribution >= 4 is 17.1 Å². The standard InChI is InChI=1S/C25H32N6O2/c1-25(2,3)19-11-9-16(10-12-19)14-31-22-20(28-29-31)23(32)27-21(26-22)18-8-5-13-30(15-18)24(33)17-6-4-7-17/h9-12,17-18H,4-8,13-15H2,1-3H3,(H,26,27,32). The predicted molar refractivity (Wildman–Crippen MR) is 126 cm³/mol. The summed E-state index contributed by atoms with van der Waals surface area (Å²) in [6.45, 7) is 8.47. The number of amides is 1. The third kappa shape index (κ3) is 4.30. The Bertz CT molecular complexity index is 1220. The zero-order valence-corrected chi connectivity index (χ0v) is 19.7. The van der Waals surface area contributed by atoms with Gasteiger partial charge in [0.15, 0.2) is 11.2 Å². The first-order valence-electron chi connectivity index (χ1n) is 12.0. The smallest absolute Gasteiger partial charge is 0.281 e. The Morgan fingerprint density at radius 2 is 1.88 bits per heavy atom. The number of carbonyl (C=O) groups excluding carboxylic acids is 1.